The van der Waals surface area contributed by atoms with E-state index in [9.17, 15) is 4.79 Å². The molecule has 3 heteroatoms. The molecule has 1 aliphatic rings. The second-order valence-electron chi connectivity index (χ2n) is 2.94. The van der Waals surface area contributed by atoms with Crippen molar-refractivity contribution in [3.05, 3.63) is 11.6 Å². The first kappa shape index (κ1) is 8.27. The minimum absolute atomic E-state index is 0.815. The van der Waals surface area contributed by atoms with E-state index in [0.717, 1.165) is 31.5 Å². The third-order valence-electron chi connectivity index (χ3n) is 1.96. The monoisotopic (exact) mass is 155 g/mol. The Labute approximate surface area is 66.3 Å². The Balaban J connectivity index is 2.45. The number of hydrogen-bond acceptors (Lipinski definition) is 2. The van der Waals surface area contributed by atoms with E-state index in [4.69, 9.17) is 5.11 Å². The van der Waals surface area contributed by atoms with Gasteiger partial charge >= 0.3 is 5.97 Å². The Morgan fingerprint density at radius 2 is 2.09 bits per heavy atom. The lowest BCUT2D eigenvalue weighted by Gasteiger charge is -2.23. The Hall–Kier alpha value is -0.830. The molecule has 1 aliphatic heterocycles. The lowest BCUT2D eigenvalue weighted by molar-refractivity contribution is -0.131. The van der Waals surface area contributed by atoms with Crippen LogP contribution in [0.25, 0.3) is 0 Å². The van der Waals surface area contributed by atoms with E-state index in [-0.39, 0.29) is 0 Å². The lowest BCUT2D eigenvalue weighted by Crippen LogP contribution is -2.26. The lowest BCUT2D eigenvalue weighted by atomic mass is 10.0. The molecular formula is C8H13NO2. The first-order chi connectivity index (χ1) is 5.18. The molecule has 0 aromatic heterocycles. The highest BCUT2D eigenvalue weighted by molar-refractivity contribution is 5.80. The van der Waals surface area contributed by atoms with Crippen LogP contribution in [0.4, 0.5) is 0 Å². The fourth-order valence-electron chi connectivity index (χ4n) is 1.22. The van der Waals surface area contributed by atoms with Crippen molar-refractivity contribution in [2.45, 2.75) is 12.8 Å². The van der Waals surface area contributed by atoms with E-state index >= 15 is 0 Å². The van der Waals surface area contributed by atoms with Gasteiger partial charge in [0.05, 0.1) is 0 Å². The number of carboxylic acids is 1. The summed E-state index contributed by atoms with van der Waals surface area (Å²) in [6.07, 6.45) is 3.15. The van der Waals surface area contributed by atoms with Crippen LogP contribution < -0.4 is 0 Å². The molecule has 1 heterocycles. The van der Waals surface area contributed by atoms with Crippen LogP contribution in [0.15, 0.2) is 11.6 Å². The first-order valence-corrected chi connectivity index (χ1v) is 3.79. The van der Waals surface area contributed by atoms with Gasteiger partial charge in [-0.25, -0.2) is 4.79 Å². The van der Waals surface area contributed by atoms with Crippen LogP contribution in [0.2, 0.25) is 0 Å². The number of rotatable bonds is 1. The minimum Gasteiger partial charge on any atom is -0.478 e. The summed E-state index contributed by atoms with van der Waals surface area (Å²) in [6.45, 7) is 1.97. The van der Waals surface area contributed by atoms with Crippen molar-refractivity contribution >= 4 is 5.97 Å². The van der Waals surface area contributed by atoms with Crippen molar-refractivity contribution in [3.63, 3.8) is 0 Å². The molecule has 0 radical (unpaired) electrons. The van der Waals surface area contributed by atoms with Gasteiger partial charge in [0.25, 0.3) is 0 Å². The van der Waals surface area contributed by atoms with Crippen LogP contribution in [0.1, 0.15) is 12.8 Å². The standard InChI is InChI=1S/C8H13NO2/c1-9-4-2-7(3-5-9)6-8(10)11/h6H,2-5H2,1H3,(H,10,11). The van der Waals surface area contributed by atoms with E-state index in [1.807, 2.05) is 0 Å². The smallest absolute Gasteiger partial charge is 0.328 e. The van der Waals surface area contributed by atoms with Gasteiger partial charge in [0.2, 0.25) is 0 Å². The Bertz CT molecular complexity index is 177. The van der Waals surface area contributed by atoms with Gasteiger partial charge in [0.15, 0.2) is 0 Å². The van der Waals surface area contributed by atoms with Crippen molar-refractivity contribution in [3.8, 4) is 0 Å². The molecule has 0 saturated carbocycles. The maximum absolute atomic E-state index is 10.3. The fourth-order valence-corrected chi connectivity index (χ4v) is 1.22. The quantitative estimate of drug-likeness (QED) is 0.567. The molecule has 62 valence electrons. The molecular weight excluding hydrogens is 142 g/mol. The summed E-state index contributed by atoms with van der Waals surface area (Å²) in [4.78, 5) is 12.5. The largest absolute Gasteiger partial charge is 0.478 e. The van der Waals surface area contributed by atoms with Crippen LogP contribution in [-0.4, -0.2) is 36.1 Å². The summed E-state index contributed by atoms with van der Waals surface area (Å²) in [5.74, 6) is -0.815. The van der Waals surface area contributed by atoms with Gasteiger partial charge in [0, 0.05) is 19.2 Å². The molecule has 1 rings (SSSR count). The van der Waals surface area contributed by atoms with E-state index in [1.54, 1.807) is 0 Å². The highest BCUT2D eigenvalue weighted by Crippen LogP contribution is 2.13. The van der Waals surface area contributed by atoms with Crippen LogP contribution in [0, 0.1) is 0 Å². The fraction of sp³-hybridized carbons (Fsp3) is 0.625. The van der Waals surface area contributed by atoms with Crippen LogP contribution in [0.3, 0.4) is 0 Å². The number of carbonyl (C=O) groups is 1. The zero-order chi connectivity index (χ0) is 8.27. The summed E-state index contributed by atoms with van der Waals surface area (Å²) < 4.78 is 0. The minimum atomic E-state index is -0.815. The second-order valence-corrected chi connectivity index (χ2v) is 2.94. The Kier molecular flexibility index (Phi) is 2.65. The molecule has 1 saturated heterocycles. The van der Waals surface area contributed by atoms with Crippen molar-refractivity contribution in [2.75, 3.05) is 20.1 Å². The molecule has 1 fully saturated rings. The maximum Gasteiger partial charge on any atom is 0.328 e. The number of likely N-dealkylation sites (tertiary alicyclic amines) is 1. The molecule has 0 unspecified atom stereocenters. The SMILES string of the molecule is CN1CCC(=CC(=O)O)CC1. The topological polar surface area (TPSA) is 40.5 Å². The highest BCUT2D eigenvalue weighted by Gasteiger charge is 2.10. The average Bonchev–Trinajstić information content (AvgIpc) is 1.93. The summed E-state index contributed by atoms with van der Waals surface area (Å²) in [7, 11) is 2.05. The third-order valence-corrected chi connectivity index (χ3v) is 1.96. The summed E-state index contributed by atoms with van der Waals surface area (Å²) >= 11 is 0. The van der Waals surface area contributed by atoms with Crippen LogP contribution in [-0.2, 0) is 4.79 Å². The molecule has 0 atom stereocenters. The van der Waals surface area contributed by atoms with Gasteiger partial charge in [0.1, 0.15) is 0 Å². The third kappa shape index (κ3) is 2.72. The molecule has 0 aromatic rings. The molecule has 0 bridgehead atoms. The van der Waals surface area contributed by atoms with Crippen molar-refractivity contribution < 1.29 is 9.90 Å². The predicted molar refractivity (Wildman–Crippen MR) is 42.4 cm³/mol. The molecule has 1 N–H and O–H groups in total. The summed E-state index contributed by atoms with van der Waals surface area (Å²) in [6, 6.07) is 0. The van der Waals surface area contributed by atoms with Gasteiger partial charge < -0.3 is 10.0 Å². The van der Waals surface area contributed by atoms with Crippen LogP contribution in [0.5, 0.6) is 0 Å². The normalized spacial score (nSPS) is 19.9. The molecule has 0 aromatic carbocycles. The zero-order valence-electron chi connectivity index (χ0n) is 6.71. The molecule has 0 spiro atoms. The van der Waals surface area contributed by atoms with Gasteiger partial charge in [-0.05, 0) is 19.9 Å². The predicted octanol–water partition coefficient (Wildman–Crippen LogP) is 0.723. The van der Waals surface area contributed by atoms with E-state index < -0.39 is 5.97 Å². The molecule has 0 amide bonds. The van der Waals surface area contributed by atoms with Crippen LogP contribution >= 0.6 is 0 Å². The van der Waals surface area contributed by atoms with Crippen molar-refractivity contribution in [2.24, 2.45) is 0 Å². The number of aliphatic carboxylic acids is 1. The van der Waals surface area contributed by atoms with E-state index in [1.165, 1.54) is 6.08 Å². The van der Waals surface area contributed by atoms with E-state index in [0.29, 0.717) is 0 Å². The van der Waals surface area contributed by atoms with Crippen molar-refractivity contribution in [1.82, 2.24) is 4.90 Å². The highest BCUT2D eigenvalue weighted by atomic mass is 16.4. The number of nitrogens with zero attached hydrogens (tertiary/aromatic N) is 1. The molecule has 0 aliphatic carbocycles. The van der Waals surface area contributed by atoms with Gasteiger partial charge in [-0.15, -0.1) is 0 Å². The summed E-state index contributed by atoms with van der Waals surface area (Å²) in [5, 5.41) is 8.44. The number of hydrogen-bond donors (Lipinski definition) is 1. The Morgan fingerprint density at radius 3 is 2.55 bits per heavy atom. The summed E-state index contributed by atoms with van der Waals surface area (Å²) in [5.41, 5.74) is 1.07. The van der Waals surface area contributed by atoms with E-state index in [2.05, 4.69) is 11.9 Å². The van der Waals surface area contributed by atoms with Gasteiger partial charge in [-0.1, -0.05) is 5.57 Å². The second kappa shape index (κ2) is 3.53. The molecule has 11 heavy (non-hydrogen) atoms. The number of piperidine rings is 1. The first-order valence-electron chi connectivity index (χ1n) is 3.79. The zero-order valence-corrected chi connectivity index (χ0v) is 6.71. The van der Waals surface area contributed by atoms with Gasteiger partial charge in [-0.3, -0.25) is 0 Å². The van der Waals surface area contributed by atoms with Gasteiger partial charge in [-0.2, -0.15) is 0 Å². The average molecular weight is 155 g/mol. The van der Waals surface area contributed by atoms with Crippen molar-refractivity contribution in [1.29, 1.82) is 0 Å². The number of carboxylic acid groups (broad SMARTS) is 1. The molecule has 3 nitrogen and oxygen atoms in total. The maximum atomic E-state index is 10.3. The Morgan fingerprint density at radius 1 is 1.55 bits per heavy atom.